The number of urea groups is 1. The molecule has 2 amide bonds. The third-order valence-corrected chi connectivity index (χ3v) is 6.24. The number of hydrogen-bond donors (Lipinski definition) is 1. The summed E-state index contributed by atoms with van der Waals surface area (Å²) in [4.78, 5) is 19.5. The molecule has 0 aliphatic heterocycles. The van der Waals surface area contributed by atoms with Gasteiger partial charge in [-0.05, 0) is 49.2 Å². The van der Waals surface area contributed by atoms with Crippen molar-refractivity contribution in [2.45, 2.75) is 76.8 Å². The van der Waals surface area contributed by atoms with Gasteiger partial charge < -0.3 is 4.90 Å². The van der Waals surface area contributed by atoms with Crippen LogP contribution in [0.25, 0.3) is 0 Å². The van der Waals surface area contributed by atoms with Crippen LogP contribution >= 0.6 is 11.3 Å². The van der Waals surface area contributed by atoms with E-state index in [9.17, 15) is 4.79 Å². The summed E-state index contributed by atoms with van der Waals surface area (Å²) in [5.41, 5.74) is 0. The molecule has 2 aliphatic carbocycles. The smallest absolute Gasteiger partial charge is 0.319 e. The number of hydrogen-bond acceptors (Lipinski definition) is 3. The summed E-state index contributed by atoms with van der Waals surface area (Å²) in [6.07, 6.45) is 12.8. The SMILES string of the molecule is Bc1cnc(NC(=O)N(C2CCCCC2)C2CCC(C)CC2)s1. The van der Waals surface area contributed by atoms with E-state index in [-0.39, 0.29) is 6.03 Å². The predicted molar refractivity (Wildman–Crippen MR) is 99.4 cm³/mol. The average Bonchev–Trinajstić information content (AvgIpc) is 2.95. The molecule has 2 saturated carbocycles. The largest absolute Gasteiger partial charge is 0.324 e. The zero-order valence-corrected chi connectivity index (χ0v) is 15.2. The maximum Gasteiger partial charge on any atom is 0.324 e. The van der Waals surface area contributed by atoms with Crippen LogP contribution in [-0.4, -0.2) is 35.8 Å². The Morgan fingerprint density at radius 2 is 1.83 bits per heavy atom. The number of aromatic nitrogens is 1. The molecule has 23 heavy (non-hydrogen) atoms. The minimum absolute atomic E-state index is 0.0748. The first kappa shape index (κ1) is 16.8. The van der Waals surface area contributed by atoms with Crippen molar-refractivity contribution in [3.05, 3.63) is 6.20 Å². The molecule has 4 nitrogen and oxygen atoms in total. The second-order valence-electron chi connectivity index (χ2n) is 7.32. The first-order valence-corrected chi connectivity index (χ1v) is 9.97. The Kier molecular flexibility index (Phi) is 5.62. The standard InChI is InChI=1S/C17H28BN3OS/c1-12-7-9-14(10-8-12)21(13-5-3-2-4-6-13)17(22)20-16-19-11-15(18)23-16/h11-14H,2-10,18H2,1H3,(H,19,20,22). The highest BCUT2D eigenvalue weighted by atomic mass is 32.1. The Labute approximate surface area is 144 Å². The Bertz CT molecular complexity index is 522. The lowest BCUT2D eigenvalue weighted by molar-refractivity contribution is 0.105. The summed E-state index contributed by atoms with van der Waals surface area (Å²) >= 11 is 1.56. The molecule has 0 spiro atoms. The Balaban J connectivity index is 1.71. The second kappa shape index (κ2) is 7.69. The number of carbonyl (C=O) groups excluding carboxylic acids is 1. The predicted octanol–water partition coefficient (Wildman–Crippen LogP) is 3.15. The highest BCUT2D eigenvalue weighted by Gasteiger charge is 2.33. The van der Waals surface area contributed by atoms with Crippen LogP contribution in [0.1, 0.15) is 64.7 Å². The van der Waals surface area contributed by atoms with Gasteiger partial charge in [-0.3, -0.25) is 5.32 Å². The summed E-state index contributed by atoms with van der Waals surface area (Å²) in [6.45, 7) is 2.33. The van der Waals surface area contributed by atoms with Gasteiger partial charge >= 0.3 is 6.03 Å². The van der Waals surface area contributed by atoms with Gasteiger partial charge in [0.1, 0.15) is 0 Å². The van der Waals surface area contributed by atoms with Gasteiger partial charge in [0.05, 0.1) is 0 Å². The molecular weight excluding hydrogens is 305 g/mol. The van der Waals surface area contributed by atoms with Gasteiger partial charge in [-0.1, -0.05) is 26.2 Å². The van der Waals surface area contributed by atoms with E-state index in [1.54, 1.807) is 11.3 Å². The minimum Gasteiger partial charge on any atom is -0.319 e. The molecule has 1 N–H and O–H groups in total. The molecule has 0 saturated heterocycles. The van der Waals surface area contributed by atoms with E-state index < -0.39 is 0 Å². The van der Waals surface area contributed by atoms with E-state index in [1.165, 1.54) is 32.1 Å². The van der Waals surface area contributed by atoms with E-state index in [1.807, 2.05) is 14.0 Å². The Morgan fingerprint density at radius 3 is 2.43 bits per heavy atom. The van der Waals surface area contributed by atoms with Crippen LogP contribution in [0.2, 0.25) is 0 Å². The van der Waals surface area contributed by atoms with Gasteiger partial charge in [-0.2, -0.15) is 0 Å². The lowest BCUT2D eigenvalue weighted by Crippen LogP contribution is -2.51. The number of amides is 2. The van der Waals surface area contributed by atoms with E-state index in [0.29, 0.717) is 12.1 Å². The first-order chi connectivity index (χ1) is 11.1. The molecule has 1 aromatic rings. The van der Waals surface area contributed by atoms with Crippen molar-refractivity contribution >= 4 is 35.1 Å². The normalized spacial score (nSPS) is 26.0. The average molecular weight is 333 g/mol. The van der Waals surface area contributed by atoms with Gasteiger partial charge in [0.25, 0.3) is 0 Å². The quantitative estimate of drug-likeness (QED) is 0.864. The van der Waals surface area contributed by atoms with Crippen molar-refractivity contribution < 1.29 is 4.79 Å². The van der Waals surface area contributed by atoms with Gasteiger partial charge in [0.2, 0.25) is 0 Å². The molecule has 2 fully saturated rings. The summed E-state index contributed by atoms with van der Waals surface area (Å²) in [5, 5.41) is 3.80. The summed E-state index contributed by atoms with van der Waals surface area (Å²) in [5.74, 6) is 0.809. The third kappa shape index (κ3) is 4.28. The summed E-state index contributed by atoms with van der Waals surface area (Å²) in [7, 11) is 2.02. The third-order valence-electron chi connectivity index (χ3n) is 5.42. The number of nitrogens with one attached hydrogen (secondary N) is 1. The van der Waals surface area contributed by atoms with E-state index in [4.69, 9.17) is 0 Å². The molecule has 126 valence electrons. The highest BCUT2D eigenvalue weighted by molar-refractivity contribution is 7.23. The second-order valence-corrected chi connectivity index (χ2v) is 8.55. The van der Waals surface area contributed by atoms with Crippen molar-refractivity contribution in [3.63, 3.8) is 0 Å². The molecule has 0 atom stereocenters. The maximum absolute atomic E-state index is 13.0. The molecule has 2 aliphatic rings. The van der Waals surface area contributed by atoms with Crippen LogP contribution in [0, 0.1) is 5.92 Å². The maximum atomic E-state index is 13.0. The van der Waals surface area contributed by atoms with Crippen LogP contribution < -0.4 is 10.1 Å². The number of nitrogens with zero attached hydrogens (tertiary/aromatic N) is 2. The lowest BCUT2D eigenvalue weighted by atomic mass is 9.84. The molecule has 3 rings (SSSR count). The fourth-order valence-electron chi connectivity index (χ4n) is 4.08. The fourth-order valence-corrected chi connectivity index (χ4v) is 4.73. The lowest BCUT2D eigenvalue weighted by Gasteiger charge is -2.42. The van der Waals surface area contributed by atoms with E-state index >= 15 is 0 Å². The van der Waals surface area contributed by atoms with Crippen LogP contribution in [0.5, 0.6) is 0 Å². The Hall–Kier alpha value is -1.04. The molecule has 0 unspecified atom stereocenters. The summed E-state index contributed by atoms with van der Waals surface area (Å²) < 4.78 is 1.14. The van der Waals surface area contributed by atoms with Gasteiger partial charge in [0.15, 0.2) is 13.0 Å². The van der Waals surface area contributed by atoms with Gasteiger partial charge in [-0.25, -0.2) is 9.78 Å². The van der Waals surface area contributed by atoms with Crippen molar-refractivity contribution in [1.82, 2.24) is 9.88 Å². The van der Waals surface area contributed by atoms with Crippen LogP contribution in [0.4, 0.5) is 9.93 Å². The molecule has 1 aromatic heterocycles. The van der Waals surface area contributed by atoms with Crippen LogP contribution in [0.15, 0.2) is 6.20 Å². The van der Waals surface area contributed by atoms with Gasteiger partial charge in [0, 0.05) is 18.3 Å². The molecule has 1 heterocycles. The molecule has 0 bridgehead atoms. The minimum atomic E-state index is 0.0748. The number of carbonyl (C=O) groups is 1. The molecule has 6 heteroatoms. The van der Waals surface area contributed by atoms with Crippen molar-refractivity contribution in [2.24, 2.45) is 5.92 Å². The van der Waals surface area contributed by atoms with E-state index in [2.05, 4.69) is 22.1 Å². The van der Waals surface area contributed by atoms with Gasteiger partial charge in [-0.15, -0.1) is 11.3 Å². The topological polar surface area (TPSA) is 45.2 Å². The first-order valence-electron chi connectivity index (χ1n) is 9.15. The zero-order valence-electron chi connectivity index (χ0n) is 14.4. The van der Waals surface area contributed by atoms with Crippen molar-refractivity contribution in [2.75, 3.05) is 5.32 Å². The molecular formula is C17H28BN3OS. The van der Waals surface area contributed by atoms with Crippen molar-refractivity contribution in [3.8, 4) is 0 Å². The van der Waals surface area contributed by atoms with Crippen LogP contribution in [-0.2, 0) is 0 Å². The summed E-state index contributed by atoms with van der Waals surface area (Å²) in [6, 6.07) is 0.907. The number of anilines is 1. The number of thiazole rings is 1. The monoisotopic (exact) mass is 333 g/mol. The van der Waals surface area contributed by atoms with E-state index in [0.717, 1.165) is 41.5 Å². The number of rotatable bonds is 3. The molecule has 0 radical (unpaired) electrons. The fraction of sp³-hybridized carbons (Fsp3) is 0.765. The zero-order chi connectivity index (χ0) is 16.2. The Morgan fingerprint density at radius 1 is 1.17 bits per heavy atom. The van der Waals surface area contributed by atoms with Crippen molar-refractivity contribution in [1.29, 1.82) is 0 Å². The molecule has 0 aromatic carbocycles. The van der Waals surface area contributed by atoms with Crippen LogP contribution in [0.3, 0.4) is 0 Å². The highest BCUT2D eigenvalue weighted by Crippen LogP contribution is 2.32.